The first kappa shape index (κ1) is 80.3. The first-order valence-corrected chi connectivity index (χ1v) is 38.0. The number of rotatable bonds is 16. The highest BCUT2D eigenvalue weighted by Crippen LogP contribution is 2.41. The van der Waals surface area contributed by atoms with Crippen LogP contribution in [-0.4, -0.2) is 126 Å². The molecular formula is C80H64Cl4N34O3. The molecule has 17 aromatic rings. The number of halogens is 4. The van der Waals surface area contributed by atoms with Crippen LogP contribution in [0.5, 0.6) is 17.2 Å². The summed E-state index contributed by atoms with van der Waals surface area (Å²) in [5, 5.41) is 78.4. The summed E-state index contributed by atoms with van der Waals surface area (Å²) in [6.07, 6.45) is 15.0. The number of hydrogen-bond donors (Lipinski definition) is 9. The second kappa shape index (κ2) is 34.5. The number of fused-ring (bicyclic) bond motifs is 6. The van der Waals surface area contributed by atoms with E-state index < -0.39 is 0 Å². The predicted octanol–water partition coefficient (Wildman–Crippen LogP) is 13.9. The first-order chi connectivity index (χ1) is 58.6. The molecule has 14 heterocycles. The number of ether oxygens (including phenoxy) is 2. The summed E-state index contributed by atoms with van der Waals surface area (Å²) in [6.45, 7) is 16.0. The summed E-state index contributed by atoms with van der Waals surface area (Å²) < 4.78 is 19.3. The Morgan fingerprint density at radius 3 is 1.26 bits per heavy atom. The summed E-state index contributed by atoms with van der Waals surface area (Å²) in [6, 6.07) is 39.3. The number of nitrogen functional groups attached to an aromatic ring is 4. The molecule has 0 amide bonds. The molecule has 1 aliphatic rings. The van der Waals surface area contributed by atoms with Gasteiger partial charge in [-0.1, -0.05) is 94.9 Å². The monoisotopic (exact) mass is 1690 g/mol. The van der Waals surface area contributed by atoms with Gasteiger partial charge in [0.1, 0.15) is 131 Å². The van der Waals surface area contributed by atoms with Crippen molar-refractivity contribution in [1.29, 1.82) is 15.8 Å². The maximum absolute atomic E-state index is 10.4. The van der Waals surface area contributed by atoms with E-state index in [1.807, 2.05) is 114 Å². The number of hydrogen-bond acceptors (Lipinski definition) is 31. The molecule has 0 saturated heterocycles. The molecule has 0 fully saturated rings. The molecule has 0 unspecified atom stereocenters. The van der Waals surface area contributed by atoms with E-state index in [1.165, 1.54) is 48.4 Å². The van der Waals surface area contributed by atoms with Crippen LogP contribution in [0.15, 0.2) is 172 Å². The zero-order valence-electron chi connectivity index (χ0n) is 64.1. The molecule has 600 valence electrons. The average molecular weight is 1690 g/mol. The van der Waals surface area contributed by atoms with Crippen molar-refractivity contribution in [1.82, 2.24) is 108 Å². The Bertz CT molecular complexity index is 7040. The quantitative estimate of drug-likeness (QED) is 0.0406. The van der Waals surface area contributed by atoms with E-state index in [-0.39, 0.29) is 75.6 Å². The molecule has 0 bridgehead atoms. The highest BCUT2D eigenvalue weighted by molar-refractivity contribution is 6.30. The SMILES string of the molecule is C[C@H](Nc1ncnc(N)c1C#N)c1cc2ncc(Cl)n2nc1-c1ccc2c(c1)OCCO2.C[C@H](Nc1ncnc(N)c1C#N)c1cc2ncc(Cl)n2nc1-c1ccc2ccccc2c1.C[C@H](Nc1ncnc(N)c1C#N)c1cc2ncc(Cl)n2nc1-c1cnn(C)c1.[C-]#[N+]c1c(N)ncnc1N[C@@H](C)c1cc2ncc(Cl)n2nc1-c1ccccc1O. The van der Waals surface area contributed by atoms with Crippen LogP contribution in [0.3, 0.4) is 0 Å². The number of para-hydroxylation sites is 1. The lowest BCUT2D eigenvalue weighted by atomic mass is 9.99. The first-order valence-electron chi connectivity index (χ1n) is 36.5. The molecule has 0 radical (unpaired) electrons. The van der Waals surface area contributed by atoms with Crippen molar-refractivity contribution < 1.29 is 14.6 Å². The van der Waals surface area contributed by atoms with E-state index in [1.54, 1.807) is 54.9 Å². The zero-order valence-corrected chi connectivity index (χ0v) is 67.1. The Morgan fingerprint density at radius 2 is 0.818 bits per heavy atom. The predicted molar refractivity (Wildman–Crippen MR) is 455 cm³/mol. The number of nitriles is 3. The number of imidazole rings is 4. The third-order valence-corrected chi connectivity index (χ3v) is 20.1. The minimum absolute atomic E-state index is 0.0807. The van der Waals surface area contributed by atoms with Gasteiger partial charge in [0.2, 0.25) is 0 Å². The Hall–Kier alpha value is -15.9. The smallest absolute Gasteiger partial charge is 0.268 e. The molecule has 37 nitrogen and oxygen atoms in total. The van der Waals surface area contributed by atoms with Gasteiger partial charge in [-0.2, -0.15) is 41.3 Å². The average Bonchev–Trinajstić information content (AvgIpc) is 1.57. The van der Waals surface area contributed by atoms with Gasteiger partial charge in [-0.05, 0) is 99.1 Å². The van der Waals surface area contributed by atoms with E-state index in [4.69, 9.17) is 95.6 Å². The van der Waals surface area contributed by atoms with Crippen molar-refractivity contribution in [2.75, 3.05) is 57.4 Å². The van der Waals surface area contributed by atoms with Crippen LogP contribution in [0.1, 0.15) is 90.8 Å². The molecule has 13 aromatic heterocycles. The normalized spacial score (nSPS) is 12.4. The molecule has 121 heavy (non-hydrogen) atoms. The van der Waals surface area contributed by atoms with Gasteiger partial charge in [0, 0.05) is 57.8 Å². The van der Waals surface area contributed by atoms with Crippen molar-refractivity contribution >= 4 is 132 Å². The third kappa shape index (κ3) is 16.5. The molecule has 1 aliphatic heterocycles. The summed E-state index contributed by atoms with van der Waals surface area (Å²) in [4.78, 5) is 52.7. The number of nitrogens with two attached hydrogens (primary N) is 4. The van der Waals surface area contributed by atoms with Crippen LogP contribution >= 0.6 is 46.4 Å². The maximum Gasteiger partial charge on any atom is 0.268 e. The van der Waals surface area contributed by atoms with E-state index in [0.717, 1.165) is 55.4 Å². The second-order valence-electron chi connectivity index (χ2n) is 26.9. The zero-order chi connectivity index (χ0) is 84.9. The van der Waals surface area contributed by atoms with Gasteiger partial charge in [-0.25, -0.2) is 82.7 Å². The number of nitrogens with zero attached hydrogens (tertiary/aromatic N) is 26. The summed E-state index contributed by atoms with van der Waals surface area (Å²) >= 11 is 25.0. The minimum atomic E-state index is -0.354. The lowest BCUT2D eigenvalue weighted by Crippen LogP contribution is -2.16. The van der Waals surface area contributed by atoms with Crippen LogP contribution in [0, 0.1) is 40.6 Å². The topological polar surface area (TPSA) is 508 Å². The van der Waals surface area contributed by atoms with Crippen LogP contribution in [-0.2, 0) is 7.05 Å². The number of anilines is 8. The number of aromatic hydroxyl groups is 1. The minimum Gasteiger partial charge on any atom is -0.507 e. The van der Waals surface area contributed by atoms with Crippen molar-refractivity contribution in [2.45, 2.75) is 51.9 Å². The standard InChI is InChI=1S/C23H17ClN8.C21H17ClN8O2.C19H15ClN8O.C17H15ClN10/c1-13(30-23-18(10-25)22(26)28-12-29-23)17-9-20-27-11-19(24)32(20)31-21(17)16-7-6-14-4-2-3-5-15(14)8-16;1-11(28-21-14(8-23)20(24)26-10-27-21)13-7-18-25-9-17(22)30(18)29-19(13)12-2-3-15-16(6-12)32-5-4-31-15;1-10(26-19-17(22-2)18(21)24-9-25-19)12-7-15-23-8-14(20)28(15)27-16(12)11-5-3-4-6-13(11)29;1-9(25-17-12(4-19)16(20)22-8-23-17)11-3-14-21-6-13(18)28(14)26-15(11)10-5-24-27(2)7-10/h2-9,11-13H,1H3,(H3,26,28,29,30);2-3,6-7,9-11H,4-5H2,1H3,(H3,24,26,27,28);3-10,29H,1H3,(H3,21,24,25,26);3,5-9H,1-2H3,(H3,20,22,23,25)/t13-;11-;10-;9-/m0000/s1. The number of aromatic nitrogens is 22. The summed E-state index contributed by atoms with van der Waals surface area (Å²) in [7, 11) is 1.83. The molecule has 18 rings (SSSR count). The van der Waals surface area contributed by atoms with Crippen LogP contribution in [0.2, 0.25) is 20.6 Å². The highest BCUT2D eigenvalue weighted by Gasteiger charge is 2.27. The molecule has 41 heteroatoms. The van der Waals surface area contributed by atoms with Crippen LogP contribution in [0.4, 0.5) is 52.2 Å². The number of aryl methyl sites for hydroxylation is 1. The molecule has 4 atom stereocenters. The third-order valence-electron chi connectivity index (χ3n) is 19.1. The Kier molecular flexibility index (Phi) is 22.9. The highest BCUT2D eigenvalue weighted by atomic mass is 35.5. The van der Waals surface area contributed by atoms with Gasteiger partial charge in [0.05, 0.1) is 78.8 Å². The largest absolute Gasteiger partial charge is 0.507 e. The molecule has 0 saturated carbocycles. The molecular weight excluding hydrogens is 1630 g/mol. The van der Waals surface area contributed by atoms with E-state index in [9.17, 15) is 20.9 Å². The van der Waals surface area contributed by atoms with Crippen LogP contribution in [0.25, 0.3) is 83.2 Å². The van der Waals surface area contributed by atoms with Crippen molar-refractivity contribution in [3.8, 4) is 80.5 Å². The van der Waals surface area contributed by atoms with Gasteiger partial charge < -0.3 is 58.8 Å². The fraction of sp³-hybridized carbons (Fsp3) is 0.138. The molecule has 0 aliphatic carbocycles. The van der Waals surface area contributed by atoms with Gasteiger partial charge in [0.25, 0.3) is 5.69 Å². The molecule has 0 spiro atoms. The van der Waals surface area contributed by atoms with Crippen molar-refractivity contribution in [2.24, 2.45) is 7.05 Å². The van der Waals surface area contributed by atoms with E-state index in [2.05, 4.69) is 132 Å². The second-order valence-corrected chi connectivity index (χ2v) is 28.4. The fourth-order valence-corrected chi connectivity index (χ4v) is 13.8. The maximum atomic E-state index is 10.4. The fourth-order valence-electron chi connectivity index (χ4n) is 13.1. The van der Waals surface area contributed by atoms with Gasteiger partial charge in [0.15, 0.2) is 54.7 Å². The van der Waals surface area contributed by atoms with Gasteiger partial charge in [-0.15, -0.1) is 0 Å². The van der Waals surface area contributed by atoms with E-state index in [0.29, 0.717) is 114 Å². The van der Waals surface area contributed by atoms with Crippen LogP contribution < -0.4 is 53.7 Å². The lowest BCUT2D eigenvalue weighted by molar-refractivity contribution is 0.171. The Morgan fingerprint density at radius 1 is 0.438 bits per heavy atom. The number of benzene rings is 4. The van der Waals surface area contributed by atoms with Crippen molar-refractivity contribution in [3.05, 3.63) is 243 Å². The summed E-state index contributed by atoms with van der Waals surface area (Å²) in [5.41, 5.74) is 35.3. The van der Waals surface area contributed by atoms with E-state index >= 15 is 0 Å². The number of nitrogens with one attached hydrogen (secondary N) is 4. The Labute approximate surface area is 705 Å². The Balaban J connectivity index is 0.000000126. The molecule has 13 N–H and O–H groups in total. The summed E-state index contributed by atoms with van der Waals surface area (Å²) in [5.74, 6) is 3.22. The number of phenolic OH excluding ortho intramolecular Hbond substituents is 1. The van der Waals surface area contributed by atoms with Gasteiger partial charge in [-0.3, -0.25) is 4.68 Å². The van der Waals surface area contributed by atoms with Gasteiger partial charge >= 0.3 is 0 Å². The van der Waals surface area contributed by atoms with Crippen molar-refractivity contribution in [3.63, 3.8) is 0 Å². The number of phenols is 1. The molecule has 4 aromatic carbocycles. The lowest BCUT2D eigenvalue weighted by Gasteiger charge is -2.21.